The van der Waals surface area contributed by atoms with Crippen LogP contribution in [0.5, 0.6) is 0 Å². The summed E-state index contributed by atoms with van der Waals surface area (Å²) in [5.74, 6) is 0.587. The van der Waals surface area contributed by atoms with Crippen molar-refractivity contribution >= 4 is 23.6 Å². The van der Waals surface area contributed by atoms with E-state index < -0.39 is 12.1 Å². The van der Waals surface area contributed by atoms with E-state index in [1.54, 1.807) is 18.7 Å². The molecule has 0 N–H and O–H groups in total. The summed E-state index contributed by atoms with van der Waals surface area (Å²) in [6, 6.07) is 0.990. The van der Waals surface area contributed by atoms with Crippen LogP contribution >= 0.6 is 0 Å². The van der Waals surface area contributed by atoms with E-state index in [9.17, 15) is 9.59 Å². The van der Waals surface area contributed by atoms with Crippen molar-refractivity contribution in [3.8, 4) is 6.07 Å². The summed E-state index contributed by atoms with van der Waals surface area (Å²) in [5, 5.41) is 8.67. The molecule has 7 heteroatoms. The van der Waals surface area contributed by atoms with E-state index in [1.165, 1.54) is 11.9 Å². The van der Waals surface area contributed by atoms with Gasteiger partial charge in [-0.25, -0.2) is 9.37 Å². The average molecular weight is 234 g/mol. The molecule has 0 aromatic rings. The van der Waals surface area contributed by atoms with Gasteiger partial charge in [0.1, 0.15) is 6.42 Å². The molecule has 0 spiro atoms. The number of rotatable bonds is 1. The van der Waals surface area contributed by atoms with E-state index in [-0.39, 0.29) is 12.3 Å². The zero-order valence-electron chi connectivity index (χ0n) is 9.84. The van der Waals surface area contributed by atoms with Crippen LogP contribution in [0.3, 0.4) is 0 Å². The number of nitriles is 1. The second-order valence-corrected chi connectivity index (χ2v) is 3.97. The third kappa shape index (κ3) is 1.41. The van der Waals surface area contributed by atoms with Crippen molar-refractivity contribution in [1.29, 1.82) is 5.26 Å². The Labute approximate surface area is 98.2 Å². The fourth-order valence-electron chi connectivity index (χ4n) is 1.96. The predicted octanol–water partition coefficient (Wildman–Crippen LogP) is -0.755. The molecule has 88 valence electrons. The quantitative estimate of drug-likeness (QED) is 0.560. The molecule has 0 aromatic carbocycles. The smallest absolute Gasteiger partial charge is 0.269 e. The molecular formula is C10H12N5O2+. The maximum absolute atomic E-state index is 12.0. The van der Waals surface area contributed by atoms with Crippen LogP contribution in [0.15, 0.2) is 4.99 Å². The molecule has 0 bridgehead atoms. The zero-order valence-corrected chi connectivity index (χ0v) is 9.84. The highest BCUT2D eigenvalue weighted by molar-refractivity contribution is 6.22. The fourth-order valence-corrected chi connectivity index (χ4v) is 1.96. The highest BCUT2D eigenvalue weighted by Crippen LogP contribution is 2.18. The van der Waals surface area contributed by atoms with Gasteiger partial charge >= 0.3 is 11.9 Å². The minimum atomic E-state index is -0.592. The van der Waals surface area contributed by atoms with E-state index in [0.717, 1.165) is 4.90 Å². The lowest BCUT2D eigenvalue weighted by Crippen LogP contribution is -2.61. The molecule has 1 atom stereocenters. The van der Waals surface area contributed by atoms with Gasteiger partial charge in [-0.1, -0.05) is 0 Å². The number of hydrogen-bond donors (Lipinski definition) is 0. The summed E-state index contributed by atoms with van der Waals surface area (Å²) < 4.78 is 1.64. The lowest BCUT2D eigenvalue weighted by molar-refractivity contribution is -0.506. The van der Waals surface area contributed by atoms with Gasteiger partial charge < -0.3 is 0 Å². The first-order valence-electron chi connectivity index (χ1n) is 5.08. The number of amidine groups is 2. The highest BCUT2D eigenvalue weighted by Gasteiger charge is 2.51. The number of imide groups is 1. The first-order chi connectivity index (χ1) is 7.99. The molecule has 0 aliphatic carbocycles. The van der Waals surface area contributed by atoms with Gasteiger partial charge in [-0.2, -0.15) is 5.26 Å². The van der Waals surface area contributed by atoms with Crippen LogP contribution in [0, 0.1) is 11.3 Å². The number of urea groups is 1. The number of amides is 3. The number of aliphatic imine (C=N–C) groups is 1. The highest BCUT2D eigenvalue weighted by atomic mass is 16.2. The molecule has 0 saturated carbocycles. The number of fused-ring (bicyclic) bond motifs is 1. The minimum Gasteiger partial charge on any atom is -0.269 e. The molecule has 1 unspecified atom stereocenters. The van der Waals surface area contributed by atoms with Crippen molar-refractivity contribution in [2.45, 2.75) is 12.5 Å². The van der Waals surface area contributed by atoms with Gasteiger partial charge in [0.15, 0.2) is 0 Å². The van der Waals surface area contributed by atoms with E-state index in [1.807, 2.05) is 6.07 Å². The minimum absolute atomic E-state index is 0.121. The number of carbonyl (C=O) groups excluding carboxylic acids is 2. The summed E-state index contributed by atoms with van der Waals surface area (Å²) in [6.45, 7) is 0. The molecule has 2 aliphatic heterocycles. The topological polar surface area (TPSA) is 79.8 Å². The first kappa shape index (κ1) is 11.3. The van der Waals surface area contributed by atoms with Crippen LogP contribution in [0.4, 0.5) is 4.79 Å². The van der Waals surface area contributed by atoms with Crippen LogP contribution < -0.4 is 0 Å². The lowest BCUT2D eigenvalue weighted by atomic mass is 10.2. The summed E-state index contributed by atoms with van der Waals surface area (Å²) in [7, 11) is 4.71. The standard InChI is InChI=1S/C10H12N5O2/c1-13-6(4-5-11)12-8-7(13)9(16)15(3)10(17)14(8)2/h7H,4H2,1-3H3/q+1. The molecule has 1 saturated heterocycles. The van der Waals surface area contributed by atoms with Gasteiger partial charge in [-0.05, 0) is 4.99 Å². The monoisotopic (exact) mass is 234 g/mol. The Bertz CT molecular complexity index is 513. The second kappa shape index (κ2) is 3.66. The lowest BCUT2D eigenvalue weighted by Gasteiger charge is -2.29. The third-order valence-corrected chi connectivity index (χ3v) is 3.00. The molecule has 7 nitrogen and oxygen atoms in total. The molecule has 1 fully saturated rings. The molecule has 2 rings (SSSR count). The SMILES string of the molecule is CN1C(=O)C2C(=NC(CC#N)=[N+]2C)N(C)C1=O. The molecule has 0 radical (unpaired) electrons. The number of nitrogens with zero attached hydrogens (tertiary/aromatic N) is 5. The molecular weight excluding hydrogens is 222 g/mol. The normalized spacial score (nSPS) is 23.9. The Morgan fingerprint density at radius 3 is 2.65 bits per heavy atom. The maximum Gasteiger partial charge on any atom is 0.333 e. The van der Waals surface area contributed by atoms with E-state index in [4.69, 9.17) is 5.26 Å². The van der Waals surface area contributed by atoms with Gasteiger partial charge in [0, 0.05) is 14.1 Å². The Kier molecular flexibility index (Phi) is 2.42. The third-order valence-electron chi connectivity index (χ3n) is 3.00. The van der Waals surface area contributed by atoms with Crippen LogP contribution in [-0.2, 0) is 4.79 Å². The van der Waals surface area contributed by atoms with Crippen molar-refractivity contribution in [3.05, 3.63) is 0 Å². The van der Waals surface area contributed by atoms with Crippen molar-refractivity contribution in [1.82, 2.24) is 9.80 Å². The predicted molar refractivity (Wildman–Crippen MR) is 58.6 cm³/mol. The number of likely N-dealkylation sites (N-methyl/N-ethyl adjacent to an activating group) is 3. The van der Waals surface area contributed by atoms with Crippen LogP contribution in [0.2, 0.25) is 0 Å². The van der Waals surface area contributed by atoms with Crippen LogP contribution in [-0.4, -0.2) is 65.2 Å². The summed E-state index contributed by atoms with van der Waals surface area (Å²) in [6.07, 6.45) is 0.121. The molecule has 3 amide bonds. The number of carbonyl (C=O) groups is 2. The molecule has 2 aliphatic rings. The molecule has 17 heavy (non-hydrogen) atoms. The maximum atomic E-state index is 12.0. The first-order valence-corrected chi connectivity index (χ1v) is 5.08. The van der Waals surface area contributed by atoms with Gasteiger partial charge in [0.25, 0.3) is 17.8 Å². The van der Waals surface area contributed by atoms with Gasteiger partial charge in [0.2, 0.25) is 0 Å². The average Bonchev–Trinajstić information content (AvgIpc) is 2.62. The van der Waals surface area contributed by atoms with E-state index >= 15 is 0 Å². The Hall–Kier alpha value is -2.23. The van der Waals surface area contributed by atoms with Gasteiger partial charge in [-0.3, -0.25) is 14.6 Å². The van der Waals surface area contributed by atoms with Gasteiger partial charge in [-0.15, -0.1) is 0 Å². The summed E-state index contributed by atoms with van der Waals surface area (Å²) >= 11 is 0. The van der Waals surface area contributed by atoms with Crippen molar-refractivity contribution in [2.24, 2.45) is 4.99 Å². The Morgan fingerprint density at radius 1 is 1.41 bits per heavy atom. The fraction of sp³-hybridized carbons (Fsp3) is 0.500. The Balaban J connectivity index is 2.47. The van der Waals surface area contributed by atoms with E-state index in [2.05, 4.69) is 4.99 Å². The summed E-state index contributed by atoms with van der Waals surface area (Å²) in [5.41, 5.74) is 0. The summed E-state index contributed by atoms with van der Waals surface area (Å²) in [4.78, 5) is 30.3. The van der Waals surface area contributed by atoms with E-state index in [0.29, 0.717) is 11.7 Å². The molecule has 0 aromatic heterocycles. The van der Waals surface area contributed by atoms with Crippen LogP contribution in [0.25, 0.3) is 0 Å². The molecule has 2 heterocycles. The zero-order chi connectivity index (χ0) is 12.7. The largest absolute Gasteiger partial charge is 0.333 e. The second-order valence-electron chi connectivity index (χ2n) is 3.97. The van der Waals surface area contributed by atoms with Crippen molar-refractivity contribution in [2.75, 3.05) is 21.1 Å². The van der Waals surface area contributed by atoms with Crippen molar-refractivity contribution < 1.29 is 14.2 Å². The number of hydrogen-bond acceptors (Lipinski definition) is 4. The van der Waals surface area contributed by atoms with Crippen LogP contribution in [0.1, 0.15) is 6.42 Å². The Morgan fingerprint density at radius 2 is 2.06 bits per heavy atom. The van der Waals surface area contributed by atoms with Gasteiger partial charge in [0.05, 0.1) is 13.1 Å². The van der Waals surface area contributed by atoms with Crippen molar-refractivity contribution in [3.63, 3.8) is 0 Å².